The Bertz CT molecular complexity index is 2120. The minimum atomic E-state index is -0.907. The van der Waals surface area contributed by atoms with Crippen LogP contribution in [0.25, 0.3) is 21.9 Å². The summed E-state index contributed by atoms with van der Waals surface area (Å²) in [5.74, 6) is -4.51. The number of allylic oxidation sites excluding steroid dienone is 2. The Balaban J connectivity index is 1.75. The third kappa shape index (κ3) is 4.58. The molecule has 0 radical (unpaired) electrons. The van der Waals surface area contributed by atoms with Crippen LogP contribution >= 0.6 is 0 Å². The van der Waals surface area contributed by atoms with Crippen LogP contribution in [0, 0.1) is 6.92 Å². The number of aryl methyl sites for hydroxylation is 1. The van der Waals surface area contributed by atoms with E-state index in [2.05, 4.69) is 0 Å². The Kier molecular flexibility index (Phi) is 7.02. The highest BCUT2D eigenvalue weighted by molar-refractivity contribution is 6.29. The summed E-state index contributed by atoms with van der Waals surface area (Å²) in [4.78, 5) is 68.4. The molecule has 1 aliphatic rings. The molecule has 0 bridgehead atoms. The van der Waals surface area contributed by atoms with Gasteiger partial charge in [0.25, 0.3) is 0 Å². The second kappa shape index (κ2) is 11.0. The summed E-state index contributed by atoms with van der Waals surface area (Å²) in [6.45, 7) is 1.65. The number of esters is 2. The van der Waals surface area contributed by atoms with Gasteiger partial charge >= 0.3 is 11.9 Å². The third-order valence-corrected chi connectivity index (χ3v) is 7.13. The fraction of sp³-hybridized carbons (Fsp3) is 0.0882. The first-order valence-corrected chi connectivity index (χ1v) is 13.3. The minimum absolute atomic E-state index is 0.0359. The number of ether oxygens (including phenoxy) is 4. The fourth-order valence-corrected chi connectivity index (χ4v) is 5.07. The van der Waals surface area contributed by atoms with Gasteiger partial charge in [0, 0.05) is 12.1 Å². The SMILES string of the molecule is COC1=CC(=O)c2c(c(OC(=O)c3ccccc3)c3oc4cc(OC)cc(C)c4c(=O)c3c2OC(=O)c2ccccc2)C1=O. The first-order valence-electron chi connectivity index (χ1n) is 13.3. The normalized spacial score (nSPS) is 12.5. The van der Waals surface area contributed by atoms with E-state index in [1.54, 1.807) is 49.4 Å². The highest BCUT2D eigenvalue weighted by Crippen LogP contribution is 2.45. The molecule has 0 unspecified atom stereocenters. The summed E-state index contributed by atoms with van der Waals surface area (Å²) in [7, 11) is 2.63. The quantitative estimate of drug-likeness (QED) is 0.139. The highest BCUT2D eigenvalue weighted by Gasteiger charge is 2.39. The van der Waals surface area contributed by atoms with Crippen molar-refractivity contribution in [3.63, 3.8) is 0 Å². The van der Waals surface area contributed by atoms with E-state index in [0.29, 0.717) is 11.3 Å². The van der Waals surface area contributed by atoms with E-state index in [-0.39, 0.29) is 33.2 Å². The second-order valence-corrected chi connectivity index (χ2v) is 9.78. The van der Waals surface area contributed by atoms with Gasteiger partial charge in [0.15, 0.2) is 28.6 Å². The lowest BCUT2D eigenvalue weighted by Gasteiger charge is -2.22. The van der Waals surface area contributed by atoms with Crippen LogP contribution in [-0.4, -0.2) is 37.7 Å². The molecule has 10 nitrogen and oxygen atoms in total. The minimum Gasteiger partial charge on any atom is -0.497 e. The van der Waals surface area contributed by atoms with Gasteiger partial charge in [0.2, 0.25) is 11.2 Å². The molecule has 0 atom stereocenters. The molecular formula is C34H22O10. The molecule has 0 spiro atoms. The second-order valence-electron chi connectivity index (χ2n) is 9.78. The molecule has 5 aromatic rings. The van der Waals surface area contributed by atoms with E-state index in [4.69, 9.17) is 23.4 Å². The average molecular weight is 591 g/mol. The van der Waals surface area contributed by atoms with Crippen molar-refractivity contribution >= 4 is 45.4 Å². The van der Waals surface area contributed by atoms with Crippen LogP contribution in [-0.2, 0) is 4.74 Å². The Morgan fingerprint density at radius 3 is 1.86 bits per heavy atom. The van der Waals surface area contributed by atoms with Crippen molar-refractivity contribution < 1.29 is 42.5 Å². The summed E-state index contributed by atoms with van der Waals surface area (Å²) in [6.07, 6.45) is 0.915. The molecule has 44 heavy (non-hydrogen) atoms. The fourth-order valence-electron chi connectivity index (χ4n) is 5.07. The maximum absolute atomic E-state index is 14.3. The Morgan fingerprint density at radius 2 is 1.30 bits per heavy atom. The zero-order chi connectivity index (χ0) is 31.1. The molecule has 1 aromatic heterocycles. The summed E-state index contributed by atoms with van der Waals surface area (Å²) in [5, 5.41) is -0.279. The molecule has 1 aliphatic carbocycles. The lowest BCUT2D eigenvalue weighted by atomic mass is 9.89. The van der Waals surface area contributed by atoms with Crippen LogP contribution in [0.1, 0.15) is 47.0 Å². The van der Waals surface area contributed by atoms with Crippen molar-refractivity contribution in [1.29, 1.82) is 0 Å². The number of fused-ring (bicyclic) bond motifs is 3. The van der Waals surface area contributed by atoms with E-state index in [0.717, 1.165) is 6.08 Å². The first-order chi connectivity index (χ1) is 21.2. The van der Waals surface area contributed by atoms with Crippen molar-refractivity contribution in [3.05, 3.63) is 123 Å². The first kappa shape index (κ1) is 28.1. The molecule has 6 rings (SSSR count). The Labute approximate surface area is 249 Å². The van der Waals surface area contributed by atoms with Gasteiger partial charge in [-0.2, -0.15) is 0 Å². The van der Waals surface area contributed by atoms with Gasteiger partial charge in [0.05, 0.1) is 41.9 Å². The van der Waals surface area contributed by atoms with Crippen molar-refractivity contribution in [1.82, 2.24) is 0 Å². The maximum atomic E-state index is 14.3. The molecule has 0 aliphatic heterocycles. The van der Waals surface area contributed by atoms with Crippen molar-refractivity contribution in [2.45, 2.75) is 6.92 Å². The van der Waals surface area contributed by atoms with Gasteiger partial charge in [-0.25, -0.2) is 9.59 Å². The van der Waals surface area contributed by atoms with Gasteiger partial charge < -0.3 is 23.4 Å². The zero-order valence-corrected chi connectivity index (χ0v) is 23.6. The molecule has 1 heterocycles. The number of carbonyl (C=O) groups is 4. The molecular weight excluding hydrogens is 568 g/mol. The van der Waals surface area contributed by atoms with E-state index in [1.807, 2.05) is 0 Å². The molecule has 10 heteroatoms. The largest absolute Gasteiger partial charge is 0.497 e. The predicted molar refractivity (Wildman–Crippen MR) is 158 cm³/mol. The molecule has 0 amide bonds. The molecule has 0 saturated carbocycles. The summed E-state index contributed by atoms with van der Waals surface area (Å²) >= 11 is 0. The van der Waals surface area contributed by atoms with Gasteiger partial charge in [-0.15, -0.1) is 0 Å². The number of hydrogen-bond donors (Lipinski definition) is 0. The van der Waals surface area contributed by atoms with Gasteiger partial charge in [0.1, 0.15) is 16.7 Å². The summed E-state index contributed by atoms with van der Waals surface area (Å²) in [5.41, 5.74) is -1.29. The summed E-state index contributed by atoms with van der Waals surface area (Å²) < 4.78 is 28.2. The number of rotatable bonds is 6. The monoisotopic (exact) mass is 590 g/mol. The zero-order valence-electron chi connectivity index (χ0n) is 23.6. The van der Waals surface area contributed by atoms with Crippen LogP contribution in [0.5, 0.6) is 17.2 Å². The standard InChI is InChI=1S/C34H22O10/c1-17-14-20(40-2)15-22-24(17)29(37)27-30(43-33(38)18-10-6-4-7-11-18)25-21(35)16-23(41-3)28(36)26(25)31(32(27)42-22)44-34(39)19-12-8-5-9-13-19/h4-16H,1-3H3. The molecule has 0 saturated heterocycles. The summed E-state index contributed by atoms with van der Waals surface area (Å²) in [6, 6.07) is 18.8. The number of ketones is 2. The van der Waals surface area contributed by atoms with Gasteiger partial charge in [-0.05, 0) is 42.8 Å². The smallest absolute Gasteiger partial charge is 0.343 e. The lowest BCUT2D eigenvalue weighted by molar-refractivity contribution is 0.0713. The van der Waals surface area contributed by atoms with Crippen LogP contribution in [0.4, 0.5) is 0 Å². The number of hydrogen-bond acceptors (Lipinski definition) is 10. The van der Waals surface area contributed by atoms with Crippen molar-refractivity contribution in [3.8, 4) is 17.2 Å². The molecule has 0 N–H and O–H groups in total. The molecule has 0 fully saturated rings. The average Bonchev–Trinajstić information content (AvgIpc) is 3.03. The van der Waals surface area contributed by atoms with Gasteiger partial charge in [-0.3, -0.25) is 14.4 Å². The van der Waals surface area contributed by atoms with Crippen molar-refractivity contribution in [2.24, 2.45) is 0 Å². The van der Waals surface area contributed by atoms with Gasteiger partial charge in [-0.1, -0.05) is 36.4 Å². The van der Waals surface area contributed by atoms with E-state index in [1.165, 1.54) is 44.6 Å². The lowest BCUT2D eigenvalue weighted by Crippen LogP contribution is -2.24. The van der Waals surface area contributed by atoms with Crippen LogP contribution < -0.4 is 19.6 Å². The number of carbonyl (C=O) groups excluding carboxylic acids is 4. The van der Waals surface area contributed by atoms with E-state index >= 15 is 0 Å². The van der Waals surface area contributed by atoms with Crippen LogP contribution in [0.15, 0.2) is 93.8 Å². The third-order valence-electron chi connectivity index (χ3n) is 7.13. The van der Waals surface area contributed by atoms with Crippen molar-refractivity contribution in [2.75, 3.05) is 14.2 Å². The van der Waals surface area contributed by atoms with E-state index < -0.39 is 57.1 Å². The predicted octanol–water partition coefficient (Wildman–Crippen LogP) is 5.61. The topological polar surface area (TPSA) is 135 Å². The number of methoxy groups -OCH3 is 2. The van der Waals surface area contributed by atoms with Crippen LogP contribution in [0.3, 0.4) is 0 Å². The maximum Gasteiger partial charge on any atom is 0.343 e. The highest BCUT2D eigenvalue weighted by atomic mass is 16.5. The number of benzene rings is 4. The Hall–Kier alpha value is -6.03. The Morgan fingerprint density at radius 1 is 0.705 bits per heavy atom. The molecule has 4 aromatic carbocycles. The molecule has 218 valence electrons. The van der Waals surface area contributed by atoms with E-state index in [9.17, 15) is 24.0 Å². The number of Topliss-reactive ketones (excluding diaryl/α,β-unsaturated/α-hetero) is 1. The van der Waals surface area contributed by atoms with Crippen LogP contribution in [0.2, 0.25) is 0 Å².